The molecule has 0 unspecified atom stereocenters. The summed E-state index contributed by atoms with van der Waals surface area (Å²) in [6.45, 7) is 3.14. The molecule has 9 heteroatoms. The third-order valence-electron chi connectivity index (χ3n) is 5.51. The Morgan fingerprint density at radius 3 is 2.32 bits per heavy atom. The van der Waals surface area contributed by atoms with Gasteiger partial charge in [-0.1, -0.05) is 23.7 Å². The number of alkyl halides is 3. The quantitative estimate of drug-likeness (QED) is 0.630. The molecular weight excluding hydrogens is 433 g/mol. The molecule has 0 atom stereocenters. The molecule has 2 heterocycles. The highest BCUT2D eigenvalue weighted by atomic mass is 35.5. The van der Waals surface area contributed by atoms with Crippen LogP contribution in [-0.4, -0.2) is 48.1 Å². The summed E-state index contributed by atoms with van der Waals surface area (Å²) < 4.78 is 47.1. The number of aromatic hydroxyl groups is 1. The van der Waals surface area contributed by atoms with Crippen LogP contribution in [0.2, 0.25) is 5.02 Å². The highest BCUT2D eigenvalue weighted by Gasteiger charge is 2.40. The first-order valence-electron chi connectivity index (χ1n) is 9.71. The molecule has 4 rings (SSSR count). The maximum absolute atomic E-state index is 13.9. The van der Waals surface area contributed by atoms with Crippen molar-refractivity contribution in [3.63, 3.8) is 0 Å². The molecular formula is C22H20ClF3N2O3. The van der Waals surface area contributed by atoms with E-state index < -0.39 is 22.9 Å². The van der Waals surface area contributed by atoms with Crippen molar-refractivity contribution < 1.29 is 22.7 Å². The number of phenolic OH excluding ortho intramolecular Hbond substituents is 1. The molecule has 164 valence electrons. The smallest absolute Gasteiger partial charge is 0.450 e. The van der Waals surface area contributed by atoms with Gasteiger partial charge in [0, 0.05) is 37.7 Å². The summed E-state index contributed by atoms with van der Waals surface area (Å²) in [5.74, 6) is -1.60. The van der Waals surface area contributed by atoms with E-state index in [1.165, 1.54) is 36.4 Å². The molecule has 0 aliphatic carbocycles. The molecule has 1 N–H and O–H groups in total. The van der Waals surface area contributed by atoms with Gasteiger partial charge in [-0.3, -0.25) is 9.69 Å². The molecule has 0 amide bonds. The molecule has 0 bridgehead atoms. The summed E-state index contributed by atoms with van der Waals surface area (Å²) in [5.41, 5.74) is -1.40. The van der Waals surface area contributed by atoms with Crippen molar-refractivity contribution in [1.82, 2.24) is 9.80 Å². The van der Waals surface area contributed by atoms with Crippen LogP contribution in [0.5, 0.6) is 5.75 Å². The third-order valence-corrected chi connectivity index (χ3v) is 5.76. The van der Waals surface area contributed by atoms with Gasteiger partial charge in [-0.05, 0) is 36.9 Å². The predicted molar refractivity (Wildman–Crippen MR) is 112 cm³/mol. The Kier molecular flexibility index (Phi) is 5.72. The first-order chi connectivity index (χ1) is 14.6. The fourth-order valence-electron chi connectivity index (χ4n) is 3.76. The minimum absolute atomic E-state index is 0.0140. The average molecular weight is 453 g/mol. The van der Waals surface area contributed by atoms with E-state index in [0.717, 1.165) is 13.1 Å². The first kappa shape index (κ1) is 21.7. The van der Waals surface area contributed by atoms with Crippen molar-refractivity contribution in [2.45, 2.75) is 12.7 Å². The molecule has 1 saturated heterocycles. The van der Waals surface area contributed by atoms with Crippen LogP contribution in [0.3, 0.4) is 0 Å². The van der Waals surface area contributed by atoms with E-state index in [1.54, 1.807) is 0 Å². The molecule has 1 aliphatic rings. The molecule has 0 saturated carbocycles. The van der Waals surface area contributed by atoms with Gasteiger partial charge in [0.25, 0.3) is 0 Å². The number of likely N-dealkylation sites (N-methyl/N-ethyl adjacent to an activating group) is 1. The lowest BCUT2D eigenvalue weighted by molar-refractivity contribution is -0.152. The Balaban J connectivity index is 1.92. The number of phenols is 1. The van der Waals surface area contributed by atoms with Gasteiger partial charge >= 0.3 is 6.18 Å². The van der Waals surface area contributed by atoms with Crippen LogP contribution in [0, 0.1) is 0 Å². The lowest BCUT2D eigenvalue weighted by Crippen LogP contribution is -2.43. The fourth-order valence-corrected chi connectivity index (χ4v) is 3.89. The Morgan fingerprint density at radius 1 is 1.06 bits per heavy atom. The molecule has 0 radical (unpaired) electrons. The fraction of sp³-hybridized carbons (Fsp3) is 0.318. The zero-order valence-electron chi connectivity index (χ0n) is 16.7. The first-order valence-corrected chi connectivity index (χ1v) is 10.1. The monoisotopic (exact) mass is 452 g/mol. The number of benzene rings is 2. The van der Waals surface area contributed by atoms with Gasteiger partial charge in [0.05, 0.1) is 16.5 Å². The molecule has 1 aromatic heterocycles. The van der Waals surface area contributed by atoms with Gasteiger partial charge in [-0.15, -0.1) is 0 Å². The normalized spacial score (nSPS) is 16.2. The number of fused-ring (bicyclic) bond motifs is 1. The van der Waals surface area contributed by atoms with Gasteiger partial charge in [0.15, 0.2) is 0 Å². The van der Waals surface area contributed by atoms with Gasteiger partial charge in [-0.2, -0.15) is 13.2 Å². The Bertz CT molecular complexity index is 1170. The van der Waals surface area contributed by atoms with Gasteiger partial charge in [0.2, 0.25) is 11.2 Å². The Hall–Kier alpha value is -2.55. The van der Waals surface area contributed by atoms with Crippen LogP contribution in [0.25, 0.3) is 22.1 Å². The molecule has 1 aliphatic heterocycles. The highest BCUT2D eigenvalue weighted by Crippen LogP contribution is 2.39. The molecule has 0 spiro atoms. The second-order valence-corrected chi connectivity index (χ2v) is 8.10. The largest absolute Gasteiger partial charge is 0.507 e. The summed E-state index contributed by atoms with van der Waals surface area (Å²) in [6.07, 6.45) is -4.90. The van der Waals surface area contributed by atoms with Crippen molar-refractivity contribution in [3.8, 4) is 16.9 Å². The van der Waals surface area contributed by atoms with Crippen molar-refractivity contribution >= 4 is 22.6 Å². The van der Waals surface area contributed by atoms with E-state index >= 15 is 0 Å². The number of hydrogen-bond acceptors (Lipinski definition) is 5. The minimum Gasteiger partial charge on any atom is -0.507 e. The van der Waals surface area contributed by atoms with E-state index in [0.29, 0.717) is 18.1 Å². The van der Waals surface area contributed by atoms with E-state index in [1.807, 2.05) is 11.9 Å². The molecule has 1 fully saturated rings. The Labute approximate surface area is 181 Å². The lowest BCUT2D eigenvalue weighted by Gasteiger charge is -2.32. The lowest BCUT2D eigenvalue weighted by atomic mass is 10.00. The van der Waals surface area contributed by atoms with E-state index in [9.17, 15) is 23.1 Å². The summed E-state index contributed by atoms with van der Waals surface area (Å²) in [4.78, 5) is 17.3. The topological polar surface area (TPSA) is 56.9 Å². The number of halogens is 4. The number of hydrogen-bond donors (Lipinski definition) is 1. The molecule has 5 nitrogen and oxygen atoms in total. The summed E-state index contributed by atoms with van der Waals surface area (Å²) in [7, 11) is 1.99. The average Bonchev–Trinajstić information content (AvgIpc) is 2.71. The SMILES string of the molecule is CN1CCN(Cc2c(O)ccc3c(=O)c(-c4ccc(Cl)cc4)c(C(F)(F)F)oc23)CC1. The highest BCUT2D eigenvalue weighted by molar-refractivity contribution is 6.30. The van der Waals surface area contributed by atoms with E-state index in [4.69, 9.17) is 16.0 Å². The van der Waals surface area contributed by atoms with Crippen molar-refractivity contribution in [1.29, 1.82) is 0 Å². The molecule has 31 heavy (non-hydrogen) atoms. The maximum atomic E-state index is 13.9. The van der Waals surface area contributed by atoms with Crippen LogP contribution in [0.1, 0.15) is 11.3 Å². The maximum Gasteiger partial charge on any atom is 0.450 e. The molecule has 3 aromatic rings. The minimum atomic E-state index is -4.90. The summed E-state index contributed by atoms with van der Waals surface area (Å²) >= 11 is 5.84. The van der Waals surface area contributed by atoms with Crippen LogP contribution in [-0.2, 0) is 12.7 Å². The van der Waals surface area contributed by atoms with E-state index in [-0.39, 0.29) is 34.4 Å². The van der Waals surface area contributed by atoms with Crippen molar-refractivity contribution in [3.05, 3.63) is 63.0 Å². The van der Waals surface area contributed by atoms with Gasteiger partial charge in [0.1, 0.15) is 11.3 Å². The zero-order valence-corrected chi connectivity index (χ0v) is 17.4. The number of rotatable bonds is 3. The zero-order chi connectivity index (χ0) is 22.3. The number of nitrogens with zero attached hydrogens (tertiary/aromatic N) is 2. The second-order valence-electron chi connectivity index (χ2n) is 7.66. The Morgan fingerprint density at radius 2 is 1.71 bits per heavy atom. The molecule has 2 aromatic carbocycles. The van der Waals surface area contributed by atoms with E-state index in [2.05, 4.69) is 4.90 Å². The van der Waals surface area contributed by atoms with Crippen LogP contribution < -0.4 is 5.43 Å². The van der Waals surface area contributed by atoms with Crippen LogP contribution in [0.15, 0.2) is 45.6 Å². The van der Waals surface area contributed by atoms with Crippen molar-refractivity contribution in [2.75, 3.05) is 33.2 Å². The summed E-state index contributed by atoms with van der Waals surface area (Å²) in [6, 6.07) is 8.14. The van der Waals surface area contributed by atoms with Crippen LogP contribution >= 0.6 is 11.6 Å². The summed E-state index contributed by atoms with van der Waals surface area (Å²) in [5, 5.41) is 10.7. The standard InChI is InChI=1S/C22H20ClF3N2O3/c1-27-8-10-28(11-9-27)12-16-17(29)7-6-15-19(30)18(13-2-4-14(23)5-3-13)21(22(24,25)26)31-20(15)16/h2-7,29H,8-12H2,1H3. The van der Waals surface area contributed by atoms with Crippen molar-refractivity contribution in [2.24, 2.45) is 0 Å². The second kappa shape index (κ2) is 8.18. The number of piperazine rings is 1. The third kappa shape index (κ3) is 4.28. The van der Waals surface area contributed by atoms with Crippen LogP contribution in [0.4, 0.5) is 13.2 Å². The van der Waals surface area contributed by atoms with Gasteiger partial charge < -0.3 is 14.4 Å². The van der Waals surface area contributed by atoms with Gasteiger partial charge in [-0.25, -0.2) is 0 Å². The predicted octanol–water partition coefficient (Wildman–Crippen LogP) is 4.59.